The molecule has 0 aromatic heterocycles. The van der Waals surface area contributed by atoms with Crippen molar-refractivity contribution in [1.82, 2.24) is 0 Å². The molecule has 0 amide bonds. The van der Waals surface area contributed by atoms with Gasteiger partial charge in [0.05, 0.1) is 26.2 Å². The molecule has 1 atom stereocenters. The van der Waals surface area contributed by atoms with Crippen LogP contribution >= 0.6 is 0 Å². The molecule has 1 unspecified atom stereocenters. The van der Waals surface area contributed by atoms with Gasteiger partial charge in [-0.15, -0.1) is 0 Å². The number of hydrogen-bond acceptors (Lipinski definition) is 3. The second-order valence-electron chi connectivity index (χ2n) is 5.58. The summed E-state index contributed by atoms with van der Waals surface area (Å²) in [6, 6.07) is 8.18. The van der Waals surface area contributed by atoms with Gasteiger partial charge >= 0.3 is 0 Å². The van der Waals surface area contributed by atoms with Crippen molar-refractivity contribution in [1.29, 1.82) is 0 Å². The van der Waals surface area contributed by atoms with E-state index in [9.17, 15) is 0 Å². The molecule has 0 heterocycles. The van der Waals surface area contributed by atoms with Crippen molar-refractivity contribution in [3.05, 3.63) is 53.3 Å². The minimum absolute atomic E-state index is 0.222. The predicted octanol–water partition coefficient (Wildman–Crippen LogP) is 3.75. The summed E-state index contributed by atoms with van der Waals surface area (Å²) in [5.41, 5.74) is 2.36. The number of ether oxygens (including phenoxy) is 3. The number of allylic oxidation sites excluding steroid dienone is 2. The second kappa shape index (κ2) is 6.81. The Hall–Kier alpha value is -1.74. The van der Waals surface area contributed by atoms with E-state index in [-0.39, 0.29) is 5.41 Å². The summed E-state index contributed by atoms with van der Waals surface area (Å²) in [6.45, 7) is 2.76. The van der Waals surface area contributed by atoms with Crippen LogP contribution in [0.2, 0.25) is 0 Å². The number of benzene rings is 1. The lowest BCUT2D eigenvalue weighted by Gasteiger charge is -2.35. The normalized spacial score (nSPS) is 21.5. The Morgan fingerprint density at radius 2 is 1.76 bits per heavy atom. The molecule has 0 radical (unpaired) electrons. The van der Waals surface area contributed by atoms with E-state index in [4.69, 9.17) is 14.2 Å². The predicted molar refractivity (Wildman–Crippen MR) is 84.5 cm³/mol. The molecular formula is C18H24O3. The Kier molecular flexibility index (Phi) is 5.07. The van der Waals surface area contributed by atoms with Crippen LogP contribution in [0.1, 0.15) is 18.9 Å². The molecule has 0 N–H and O–H groups in total. The van der Waals surface area contributed by atoms with Gasteiger partial charge in [0.25, 0.3) is 0 Å². The topological polar surface area (TPSA) is 27.7 Å². The van der Waals surface area contributed by atoms with E-state index >= 15 is 0 Å². The van der Waals surface area contributed by atoms with Crippen molar-refractivity contribution in [3.8, 4) is 5.75 Å². The summed E-state index contributed by atoms with van der Waals surface area (Å²) < 4.78 is 16.3. The molecule has 0 aliphatic heterocycles. The maximum Gasteiger partial charge on any atom is 0.118 e. The standard InChI is InChI=1S/C18H24O3/c1-14-5-10-17(21-4)18(11-14,13-19-2)12-15-6-8-16(20-3)9-7-15/h6-11H,5,12-13H2,1-4H3. The molecule has 0 saturated carbocycles. The van der Waals surface area contributed by atoms with Crippen LogP contribution < -0.4 is 4.74 Å². The fourth-order valence-electron chi connectivity index (χ4n) is 3.01. The maximum atomic E-state index is 5.64. The van der Waals surface area contributed by atoms with E-state index in [2.05, 4.69) is 31.2 Å². The molecule has 0 fully saturated rings. The first kappa shape index (κ1) is 15.6. The van der Waals surface area contributed by atoms with Crippen LogP contribution in [0.3, 0.4) is 0 Å². The lowest BCUT2D eigenvalue weighted by molar-refractivity contribution is 0.0868. The fraction of sp³-hybridized carbons (Fsp3) is 0.444. The molecule has 114 valence electrons. The minimum Gasteiger partial charge on any atom is -0.500 e. The Morgan fingerprint density at radius 1 is 1.05 bits per heavy atom. The quantitative estimate of drug-likeness (QED) is 0.746. The fourth-order valence-corrected chi connectivity index (χ4v) is 3.01. The minimum atomic E-state index is -0.222. The van der Waals surface area contributed by atoms with Gasteiger partial charge in [0.1, 0.15) is 11.5 Å². The highest BCUT2D eigenvalue weighted by Gasteiger charge is 2.36. The molecule has 0 bridgehead atoms. The van der Waals surface area contributed by atoms with Crippen LogP contribution in [0, 0.1) is 5.41 Å². The molecule has 1 aromatic rings. The van der Waals surface area contributed by atoms with E-state index in [0.29, 0.717) is 6.61 Å². The van der Waals surface area contributed by atoms with E-state index in [1.54, 1.807) is 21.3 Å². The zero-order valence-corrected chi connectivity index (χ0v) is 13.3. The molecule has 0 saturated heterocycles. The van der Waals surface area contributed by atoms with Crippen LogP contribution in [0.5, 0.6) is 5.75 Å². The molecule has 3 heteroatoms. The van der Waals surface area contributed by atoms with Crippen LogP contribution in [0.4, 0.5) is 0 Å². The van der Waals surface area contributed by atoms with E-state index in [0.717, 1.165) is 24.4 Å². The third-order valence-electron chi connectivity index (χ3n) is 3.92. The maximum absolute atomic E-state index is 5.64. The lowest BCUT2D eigenvalue weighted by atomic mass is 9.75. The molecule has 2 rings (SSSR count). The number of methoxy groups -OCH3 is 3. The molecular weight excluding hydrogens is 264 g/mol. The van der Waals surface area contributed by atoms with Crippen LogP contribution in [0.25, 0.3) is 0 Å². The van der Waals surface area contributed by atoms with E-state index in [1.807, 2.05) is 12.1 Å². The first-order valence-corrected chi connectivity index (χ1v) is 7.18. The Morgan fingerprint density at radius 3 is 2.33 bits per heavy atom. The first-order chi connectivity index (χ1) is 10.1. The van der Waals surface area contributed by atoms with Crippen molar-refractivity contribution in [2.45, 2.75) is 19.8 Å². The van der Waals surface area contributed by atoms with Gasteiger partial charge in [-0.05, 0) is 43.5 Å². The zero-order valence-electron chi connectivity index (χ0n) is 13.3. The van der Waals surface area contributed by atoms with Crippen molar-refractivity contribution in [2.75, 3.05) is 27.9 Å². The Labute approximate surface area is 127 Å². The Balaban J connectivity index is 2.32. The molecule has 1 aromatic carbocycles. The summed E-state index contributed by atoms with van der Waals surface area (Å²) in [4.78, 5) is 0. The molecule has 21 heavy (non-hydrogen) atoms. The van der Waals surface area contributed by atoms with Gasteiger partial charge in [0.15, 0.2) is 0 Å². The van der Waals surface area contributed by atoms with Gasteiger partial charge in [-0.1, -0.05) is 23.8 Å². The average Bonchev–Trinajstić information content (AvgIpc) is 2.48. The largest absolute Gasteiger partial charge is 0.500 e. The van der Waals surface area contributed by atoms with Crippen molar-refractivity contribution in [2.24, 2.45) is 5.41 Å². The summed E-state index contributed by atoms with van der Waals surface area (Å²) in [5, 5.41) is 0. The van der Waals surface area contributed by atoms with E-state index in [1.165, 1.54) is 11.1 Å². The number of rotatable bonds is 6. The third-order valence-corrected chi connectivity index (χ3v) is 3.92. The van der Waals surface area contributed by atoms with Crippen molar-refractivity contribution in [3.63, 3.8) is 0 Å². The van der Waals surface area contributed by atoms with Gasteiger partial charge in [-0.2, -0.15) is 0 Å². The molecule has 1 aliphatic carbocycles. The van der Waals surface area contributed by atoms with Crippen molar-refractivity contribution < 1.29 is 14.2 Å². The van der Waals surface area contributed by atoms with Gasteiger partial charge in [0.2, 0.25) is 0 Å². The SMILES string of the molecule is COCC1(Cc2ccc(OC)cc2)C=C(C)CC=C1OC. The van der Waals surface area contributed by atoms with Gasteiger partial charge in [-0.3, -0.25) is 0 Å². The van der Waals surface area contributed by atoms with Gasteiger partial charge in [0, 0.05) is 7.11 Å². The third kappa shape index (κ3) is 3.48. The molecule has 1 aliphatic rings. The Bertz CT molecular complexity index is 528. The zero-order chi connectivity index (χ0) is 15.3. The van der Waals surface area contributed by atoms with Crippen LogP contribution in [0.15, 0.2) is 47.7 Å². The van der Waals surface area contributed by atoms with Crippen molar-refractivity contribution >= 4 is 0 Å². The summed E-state index contributed by atoms with van der Waals surface area (Å²) in [6.07, 6.45) is 6.25. The monoisotopic (exact) mass is 288 g/mol. The molecule has 3 nitrogen and oxygen atoms in total. The summed E-state index contributed by atoms with van der Waals surface area (Å²) in [5.74, 6) is 1.86. The second-order valence-corrected chi connectivity index (χ2v) is 5.58. The van der Waals surface area contributed by atoms with Gasteiger partial charge in [-0.25, -0.2) is 0 Å². The first-order valence-electron chi connectivity index (χ1n) is 7.18. The summed E-state index contributed by atoms with van der Waals surface area (Å²) >= 11 is 0. The highest BCUT2D eigenvalue weighted by Crippen LogP contribution is 2.39. The highest BCUT2D eigenvalue weighted by atomic mass is 16.5. The highest BCUT2D eigenvalue weighted by molar-refractivity contribution is 5.34. The molecule has 0 spiro atoms. The van der Waals surface area contributed by atoms with E-state index < -0.39 is 0 Å². The average molecular weight is 288 g/mol. The number of hydrogen-bond donors (Lipinski definition) is 0. The van der Waals surface area contributed by atoms with Crippen LogP contribution in [-0.4, -0.2) is 27.9 Å². The summed E-state index contributed by atoms with van der Waals surface area (Å²) in [7, 11) is 5.15. The van der Waals surface area contributed by atoms with Crippen LogP contribution in [-0.2, 0) is 15.9 Å². The van der Waals surface area contributed by atoms with Gasteiger partial charge < -0.3 is 14.2 Å². The smallest absolute Gasteiger partial charge is 0.118 e. The lowest BCUT2D eigenvalue weighted by Crippen LogP contribution is -2.32.